The number of anilines is 1. The first-order valence-corrected chi connectivity index (χ1v) is 6.41. The van der Waals surface area contributed by atoms with Gasteiger partial charge in [0.2, 0.25) is 0 Å². The van der Waals surface area contributed by atoms with Crippen LogP contribution in [-0.2, 0) is 0 Å². The van der Waals surface area contributed by atoms with E-state index in [1.807, 2.05) is 0 Å². The zero-order chi connectivity index (χ0) is 13.8. The van der Waals surface area contributed by atoms with E-state index >= 15 is 0 Å². The number of aromatic carboxylic acids is 1. The average molecular weight is 265 g/mol. The van der Waals surface area contributed by atoms with Gasteiger partial charge in [0.15, 0.2) is 11.5 Å². The minimum atomic E-state index is -0.971. The number of methoxy groups -OCH3 is 2. The molecule has 19 heavy (non-hydrogen) atoms. The molecule has 2 rings (SSSR count). The van der Waals surface area contributed by atoms with Gasteiger partial charge in [-0.1, -0.05) is 12.8 Å². The molecule has 1 aromatic carbocycles. The van der Waals surface area contributed by atoms with E-state index in [9.17, 15) is 9.90 Å². The highest BCUT2D eigenvalue weighted by molar-refractivity contribution is 5.95. The molecule has 0 radical (unpaired) electrons. The van der Waals surface area contributed by atoms with Gasteiger partial charge in [-0.25, -0.2) is 4.79 Å². The van der Waals surface area contributed by atoms with Gasteiger partial charge in [0.1, 0.15) is 0 Å². The van der Waals surface area contributed by atoms with Crippen LogP contribution in [0.1, 0.15) is 36.0 Å². The monoisotopic (exact) mass is 265 g/mol. The maximum Gasteiger partial charge on any atom is 0.337 e. The number of benzene rings is 1. The van der Waals surface area contributed by atoms with Crippen molar-refractivity contribution in [2.45, 2.75) is 31.7 Å². The van der Waals surface area contributed by atoms with Crippen molar-refractivity contribution in [2.24, 2.45) is 0 Å². The number of carbonyl (C=O) groups is 1. The van der Waals surface area contributed by atoms with Crippen LogP contribution < -0.4 is 14.8 Å². The summed E-state index contributed by atoms with van der Waals surface area (Å²) in [6.45, 7) is 0. The molecule has 1 aliphatic rings. The van der Waals surface area contributed by atoms with E-state index in [1.165, 1.54) is 33.1 Å². The second kappa shape index (κ2) is 5.82. The summed E-state index contributed by atoms with van der Waals surface area (Å²) in [5, 5.41) is 12.6. The van der Waals surface area contributed by atoms with Crippen molar-refractivity contribution in [1.29, 1.82) is 0 Å². The fourth-order valence-electron chi connectivity index (χ4n) is 2.47. The summed E-state index contributed by atoms with van der Waals surface area (Å²) in [5.74, 6) is -0.00804. The Labute approximate surface area is 112 Å². The van der Waals surface area contributed by atoms with E-state index in [4.69, 9.17) is 9.47 Å². The zero-order valence-corrected chi connectivity index (χ0v) is 11.2. The number of hydrogen-bond donors (Lipinski definition) is 2. The third-order valence-corrected chi connectivity index (χ3v) is 3.47. The summed E-state index contributed by atoms with van der Waals surface area (Å²) in [6.07, 6.45) is 4.53. The van der Waals surface area contributed by atoms with E-state index in [0.29, 0.717) is 23.2 Å². The highest BCUT2D eigenvalue weighted by Gasteiger charge is 2.20. The van der Waals surface area contributed by atoms with Crippen LogP contribution in [0.5, 0.6) is 11.5 Å². The van der Waals surface area contributed by atoms with Crippen LogP contribution in [0.4, 0.5) is 5.69 Å². The summed E-state index contributed by atoms with van der Waals surface area (Å²) < 4.78 is 10.4. The molecule has 0 atom stereocenters. The van der Waals surface area contributed by atoms with Crippen LogP contribution in [-0.4, -0.2) is 31.3 Å². The van der Waals surface area contributed by atoms with Crippen molar-refractivity contribution in [2.75, 3.05) is 19.5 Å². The van der Waals surface area contributed by atoms with Gasteiger partial charge in [-0.2, -0.15) is 0 Å². The van der Waals surface area contributed by atoms with Crippen molar-refractivity contribution >= 4 is 11.7 Å². The molecule has 0 bridgehead atoms. The van der Waals surface area contributed by atoms with Gasteiger partial charge < -0.3 is 19.9 Å². The smallest absolute Gasteiger partial charge is 0.337 e. The molecule has 0 amide bonds. The first kappa shape index (κ1) is 13.5. The maximum absolute atomic E-state index is 11.3. The lowest BCUT2D eigenvalue weighted by molar-refractivity contribution is 0.0697. The average Bonchev–Trinajstić information content (AvgIpc) is 2.90. The molecule has 0 unspecified atom stereocenters. The molecule has 5 nitrogen and oxygen atoms in total. The Morgan fingerprint density at radius 3 is 2.32 bits per heavy atom. The number of rotatable bonds is 5. The highest BCUT2D eigenvalue weighted by Crippen LogP contribution is 2.34. The molecule has 0 spiro atoms. The van der Waals surface area contributed by atoms with Crippen molar-refractivity contribution < 1.29 is 19.4 Å². The largest absolute Gasteiger partial charge is 0.493 e. The van der Waals surface area contributed by atoms with E-state index in [-0.39, 0.29) is 5.56 Å². The maximum atomic E-state index is 11.3. The van der Waals surface area contributed by atoms with Crippen LogP contribution in [0.2, 0.25) is 0 Å². The lowest BCUT2D eigenvalue weighted by Crippen LogP contribution is -2.17. The SMILES string of the molecule is COc1cc(NC2CCCC2)c(C(=O)O)cc1OC. The predicted octanol–water partition coefficient (Wildman–Crippen LogP) is 2.76. The van der Waals surface area contributed by atoms with Crippen molar-refractivity contribution in [1.82, 2.24) is 0 Å². The van der Waals surface area contributed by atoms with E-state index in [1.54, 1.807) is 6.07 Å². The molecular formula is C14H19NO4. The van der Waals surface area contributed by atoms with Gasteiger partial charge >= 0.3 is 5.97 Å². The lowest BCUT2D eigenvalue weighted by Gasteiger charge is -2.18. The Morgan fingerprint density at radius 2 is 1.79 bits per heavy atom. The normalized spacial score (nSPS) is 15.3. The molecule has 0 saturated heterocycles. The van der Waals surface area contributed by atoms with E-state index < -0.39 is 5.97 Å². The molecule has 1 aliphatic carbocycles. The van der Waals surface area contributed by atoms with Gasteiger partial charge in [0, 0.05) is 18.2 Å². The third kappa shape index (κ3) is 2.92. The Bertz CT molecular complexity index is 467. The van der Waals surface area contributed by atoms with E-state index in [2.05, 4.69) is 5.32 Å². The standard InChI is InChI=1S/C14H19NO4/c1-18-12-7-10(14(16)17)11(8-13(12)19-2)15-9-5-3-4-6-9/h7-9,15H,3-6H2,1-2H3,(H,16,17). The Hall–Kier alpha value is -1.91. The molecule has 0 aliphatic heterocycles. The summed E-state index contributed by atoms with van der Waals surface area (Å²) in [6, 6.07) is 3.54. The van der Waals surface area contributed by atoms with Crippen LogP contribution in [0, 0.1) is 0 Å². The first-order valence-electron chi connectivity index (χ1n) is 6.41. The van der Waals surface area contributed by atoms with Crippen LogP contribution in [0.3, 0.4) is 0 Å². The molecule has 2 N–H and O–H groups in total. The van der Waals surface area contributed by atoms with Crippen molar-refractivity contribution in [3.05, 3.63) is 17.7 Å². The molecule has 0 heterocycles. The van der Waals surface area contributed by atoms with Crippen molar-refractivity contribution in [3.63, 3.8) is 0 Å². The van der Waals surface area contributed by atoms with Gasteiger partial charge in [0.25, 0.3) is 0 Å². The molecule has 1 saturated carbocycles. The Kier molecular flexibility index (Phi) is 4.14. The molecule has 0 aromatic heterocycles. The second-order valence-corrected chi connectivity index (χ2v) is 4.68. The minimum absolute atomic E-state index is 0.213. The van der Waals surface area contributed by atoms with E-state index in [0.717, 1.165) is 12.8 Å². The summed E-state index contributed by atoms with van der Waals surface area (Å²) >= 11 is 0. The predicted molar refractivity (Wildman–Crippen MR) is 72.4 cm³/mol. The summed E-state index contributed by atoms with van der Waals surface area (Å²) in [4.78, 5) is 11.3. The van der Waals surface area contributed by atoms with Crippen LogP contribution in [0.25, 0.3) is 0 Å². The molecule has 104 valence electrons. The number of nitrogens with one attached hydrogen (secondary N) is 1. The fourth-order valence-corrected chi connectivity index (χ4v) is 2.47. The summed E-state index contributed by atoms with van der Waals surface area (Å²) in [7, 11) is 3.03. The van der Waals surface area contributed by atoms with Crippen molar-refractivity contribution in [3.8, 4) is 11.5 Å². The zero-order valence-electron chi connectivity index (χ0n) is 11.2. The molecule has 1 aromatic rings. The number of ether oxygens (including phenoxy) is 2. The molecular weight excluding hydrogens is 246 g/mol. The molecule has 5 heteroatoms. The highest BCUT2D eigenvalue weighted by atomic mass is 16.5. The number of carboxylic acid groups (broad SMARTS) is 1. The first-order chi connectivity index (χ1) is 9.15. The Balaban J connectivity index is 2.35. The fraction of sp³-hybridized carbons (Fsp3) is 0.500. The quantitative estimate of drug-likeness (QED) is 0.856. The number of carboxylic acids is 1. The van der Waals surface area contributed by atoms with Gasteiger partial charge in [0.05, 0.1) is 25.5 Å². The number of hydrogen-bond acceptors (Lipinski definition) is 4. The second-order valence-electron chi connectivity index (χ2n) is 4.68. The van der Waals surface area contributed by atoms with Gasteiger partial charge in [-0.15, -0.1) is 0 Å². The van der Waals surface area contributed by atoms with Crippen LogP contribution in [0.15, 0.2) is 12.1 Å². The third-order valence-electron chi connectivity index (χ3n) is 3.47. The topological polar surface area (TPSA) is 67.8 Å². The minimum Gasteiger partial charge on any atom is -0.493 e. The molecule has 1 fully saturated rings. The Morgan fingerprint density at radius 1 is 1.21 bits per heavy atom. The van der Waals surface area contributed by atoms with Gasteiger partial charge in [-0.3, -0.25) is 0 Å². The summed E-state index contributed by atoms with van der Waals surface area (Å²) in [5.41, 5.74) is 0.807. The van der Waals surface area contributed by atoms with Crippen LogP contribution >= 0.6 is 0 Å². The lowest BCUT2D eigenvalue weighted by atomic mass is 10.1. The van der Waals surface area contributed by atoms with Gasteiger partial charge in [-0.05, 0) is 12.8 Å².